The molecule has 0 radical (unpaired) electrons. The highest BCUT2D eigenvalue weighted by atomic mass is 19.4. The number of alkyl halides is 3. The normalized spacial score (nSPS) is 39.4. The molecule has 0 saturated heterocycles. The van der Waals surface area contributed by atoms with Gasteiger partial charge in [0.1, 0.15) is 0 Å². The number of hydrogen-bond donors (Lipinski definition) is 3. The number of fused-ring (bicyclic) bond motifs is 1. The fourth-order valence-electron chi connectivity index (χ4n) is 7.30. The number of aliphatic hydroxyl groups is 2. The third-order valence-electron chi connectivity index (χ3n) is 9.66. The Labute approximate surface area is 195 Å². The second-order valence-electron chi connectivity index (χ2n) is 11.2. The second kappa shape index (κ2) is 8.60. The van der Waals surface area contributed by atoms with Crippen molar-refractivity contribution in [3.8, 4) is 0 Å². The van der Waals surface area contributed by atoms with Crippen LogP contribution in [0.2, 0.25) is 0 Å². The van der Waals surface area contributed by atoms with E-state index in [0.717, 1.165) is 57.1 Å². The van der Waals surface area contributed by atoms with Gasteiger partial charge in [0.15, 0.2) is 0 Å². The molecule has 33 heavy (non-hydrogen) atoms. The maximum Gasteiger partial charge on any atom is 0.416 e. The van der Waals surface area contributed by atoms with Gasteiger partial charge in [-0.25, -0.2) is 0 Å². The van der Waals surface area contributed by atoms with Gasteiger partial charge in [0, 0.05) is 17.6 Å². The molecular weight excluding hydrogens is 427 g/mol. The Balaban J connectivity index is 1.49. The Bertz CT molecular complexity index is 886. The molecule has 6 atom stereocenters. The number of halogens is 3. The van der Waals surface area contributed by atoms with Gasteiger partial charge >= 0.3 is 6.18 Å². The highest BCUT2D eigenvalue weighted by molar-refractivity contribution is 5.46. The molecule has 3 aliphatic carbocycles. The van der Waals surface area contributed by atoms with E-state index < -0.39 is 28.9 Å². The first-order valence-corrected chi connectivity index (χ1v) is 12.4. The Morgan fingerprint density at radius 1 is 1.09 bits per heavy atom. The summed E-state index contributed by atoms with van der Waals surface area (Å²) < 4.78 is 39.1. The van der Waals surface area contributed by atoms with E-state index in [9.17, 15) is 23.4 Å². The lowest BCUT2D eigenvalue weighted by atomic mass is 9.50. The van der Waals surface area contributed by atoms with Crippen LogP contribution in [0.4, 0.5) is 18.9 Å². The second-order valence-corrected chi connectivity index (χ2v) is 11.2. The molecular formula is C27H38F3NO2. The Morgan fingerprint density at radius 2 is 1.82 bits per heavy atom. The molecule has 0 amide bonds. The molecule has 1 aromatic rings. The molecule has 0 aromatic heterocycles. The van der Waals surface area contributed by atoms with Crippen LogP contribution in [0.1, 0.15) is 77.2 Å². The van der Waals surface area contributed by atoms with Gasteiger partial charge in [-0.3, -0.25) is 0 Å². The van der Waals surface area contributed by atoms with Crippen molar-refractivity contribution in [1.82, 2.24) is 0 Å². The summed E-state index contributed by atoms with van der Waals surface area (Å²) in [4.78, 5) is 0. The van der Waals surface area contributed by atoms with Gasteiger partial charge < -0.3 is 15.5 Å². The van der Waals surface area contributed by atoms with Crippen molar-refractivity contribution in [1.29, 1.82) is 0 Å². The molecule has 0 spiro atoms. The van der Waals surface area contributed by atoms with Crippen molar-refractivity contribution in [2.45, 2.75) is 89.5 Å². The van der Waals surface area contributed by atoms with E-state index in [2.05, 4.69) is 25.7 Å². The number of allylic oxidation sites excluding steroid dienone is 1. The molecule has 184 valence electrons. The average Bonchev–Trinajstić information content (AvgIpc) is 3.06. The number of anilines is 1. The zero-order valence-corrected chi connectivity index (χ0v) is 19.8. The van der Waals surface area contributed by atoms with Crippen LogP contribution in [-0.2, 0) is 6.18 Å². The molecule has 4 rings (SSSR count). The fraction of sp³-hybridized carbons (Fsp3) is 0.704. The number of aliphatic hydroxyl groups excluding tert-OH is 1. The van der Waals surface area contributed by atoms with Crippen molar-refractivity contribution in [2.75, 3.05) is 11.9 Å². The summed E-state index contributed by atoms with van der Waals surface area (Å²) >= 11 is 0. The van der Waals surface area contributed by atoms with E-state index in [1.54, 1.807) is 6.07 Å². The first-order valence-electron chi connectivity index (χ1n) is 12.4. The zero-order chi connectivity index (χ0) is 24.1. The van der Waals surface area contributed by atoms with Crippen LogP contribution < -0.4 is 5.32 Å². The predicted molar refractivity (Wildman–Crippen MR) is 125 cm³/mol. The van der Waals surface area contributed by atoms with Crippen LogP contribution in [-0.4, -0.2) is 28.5 Å². The standard InChI is InChI=1S/C27H38F3NO2/c1-18-9-10-21-23(32)22(11-14-24(18,21)2)25(3)12-4-5-13-26(25,33)15-16-31-20-8-6-7-19(17-20)27(28,29)30/h6-8,17,21-23,31-33H,1,4-5,9-16H2,2-3H3. The Morgan fingerprint density at radius 3 is 2.55 bits per heavy atom. The van der Waals surface area contributed by atoms with Gasteiger partial charge in [0.25, 0.3) is 0 Å². The highest BCUT2D eigenvalue weighted by Crippen LogP contribution is 2.62. The molecule has 3 nitrogen and oxygen atoms in total. The summed E-state index contributed by atoms with van der Waals surface area (Å²) in [6.45, 7) is 9.04. The van der Waals surface area contributed by atoms with Gasteiger partial charge in [0.2, 0.25) is 0 Å². The summed E-state index contributed by atoms with van der Waals surface area (Å²) in [6, 6.07) is 5.20. The minimum absolute atomic E-state index is 0.00981. The summed E-state index contributed by atoms with van der Waals surface area (Å²) in [5.74, 6) is 0.204. The van der Waals surface area contributed by atoms with E-state index in [1.165, 1.54) is 11.6 Å². The van der Waals surface area contributed by atoms with E-state index in [4.69, 9.17) is 0 Å². The minimum atomic E-state index is -4.38. The molecule has 3 fully saturated rings. The fourth-order valence-corrected chi connectivity index (χ4v) is 7.30. The number of rotatable bonds is 5. The van der Waals surface area contributed by atoms with Crippen LogP contribution in [0, 0.1) is 22.7 Å². The Hall–Kier alpha value is -1.53. The smallest absolute Gasteiger partial charge is 0.392 e. The summed E-state index contributed by atoms with van der Waals surface area (Å²) in [5, 5.41) is 26.5. The topological polar surface area (TPSA) is 52.5 Å². The number of nitrogens with one attached hydrogen (secondary N) is 1. The lowest BCUT2D eigenvalue weighted by Gasteiger charge is -2.58. The van der Waals surface area contributed by atoms with Crippen molar-refractivity contribution < 1.29 is 23.4 Å². The Kier molecular flexibility index (Phi) is 6.41. The molecule has 0 bridgehead atoms. The van der Waals surface area contributed by atoms with Crippen LogP contribution >= 0.6 is 0 Å². The zero-order valence-electron chi connectivity index (χ0n) is 19.8. The van der Waals surface area contributed by atoms with Crippen LogP contribution in [0.25, 0.3) is 0 Å². The van der Waals surface area contributed by atoms with Crippen molar-refractivity contribution >= 4 is 5.69 Å². The van der Waals surface area contributed by atoms with Gasteiger partial charge in [-0.1, -0.05) is 44.9 Å². The molecule has 6 heteroatoms. The van der Waals surface area contributed by atoms with Gasteiger partial charge in [-0.15, -0.1) is 0 Å². The summed E-state index contributed by atoms with van der Waals surface area (Å²) in [5.41, 5.74) is -0.423. The third kappa shape index (κ3) is 4.22. The molecule has 3 aliphatic rings. The predicted octanol–water partition coefficient (Wildman–Crippen LogP) is 6.56. The molecule has 3 N–H and O–H groups in total. The van der Waals surface area contributed by atoms with Crippen LogP contribution in [0.5, 0.6) is 0 Å². The SMILES string of the molecule is C=C1CCC2C(O)C(C3(C)CCCCC3(O)CCNc3cccc(C(F)(F)F)c3)CCC12C. The molecule has 0 aliphatic heterocycles. The van der Waals surface area contributed by atoms with Crippen molar-refractivity contribution in [3.63, 3.8) is 0 Å². The minimum Gasteiger partial charge on any atom is -0.392 e. The molecule has 3 saturated carbocycles. The van der Waals surface area contributed by atoms with Crippen molar-refractivity contribution in [3.05, 3.63) is 42.0 Å². The average molecular weight is 466 g/mol. The quantitative estimate of drug-likeness (QED) is 0.432. The van der Waals surface area contributed by atoms with Crippen LogP contribution in [0.15, 0.2) is 36.4 Å². The molecule has 1 aromatic carbocycles. The van der Waals surface area contributed by atoms with Gasteiger partial charge in [0.05, 0.1) is 17.3 Å². The maximum absolute atomic E-state index is 13.0. The van der Waals surface area contributed by atoms with E-state index >= 15 is 0 Å². The highest BCUT2D eigenvalue weighted by Gasteiger charge is 2.59. The lowest BCUT2D eigenvalue weighted by molar-refractivity contribution is -0.183. The van der Waals surface area contributed by atoms with E-state index in [1.807, 2.05) is 0 Å². The van der Waals surface area contributed by atoms with Gasteiger partial charge in [-0.2, -0.15) is 13.2 Å². The van der Waals surface area contributed by atoms with Gasteiger partial charge in [-0.05, 0) is 80.4 Å². The first kappa shape index (κ1) is 24.6. The monoisotopic (exact) mass is 465 g/mol. The van der Waals surface area contributed by atoms with Crippen molar-refractivity contribution in [2.24, 2.45) is 22.7 Å². The summed E-state index contributed by atoms with van der Waals surface area (Å²) in [7, 11) is 0. The van der Waals surface area contributed by atoms with E-state index in [-0.39, 0.29) is 17.3 Å². The summed E-state index contributed by atoms with van der Waals surface area (Å²) in [6.07, 6.45) is 2.85. The van der Waals surface area contributed by atoms with Crippen LogP contribution in [0.3, 0.4) is 0 Å². The molecule has 0 heterocycles. The first-order chi connectivity index (χ1) is 15.4. The number of hydrogen-bond acceptors (Lipinski definition) is 3. The third-order valence-corrected chi connectivity index (χ3v) is 9.66. The lowest BCUT2D eigenvalue weighted by Crippen LogP contribution is -2.59. The molecule has 6 unspecified atom stereocenters. The maximum atomic E-state index is 13.0. The van der Waals surface area contributed by atoms with E-state index in [0.29, 0.717) is 25.1 Å². The largest absolute Gasteiger partial charge is 0.416 e. The number of benzene rings is 1.